The fourth-order valence-corrected chi connectivity index (χ4v) is 2.66. The molecule has 1 aromatic carbocycles. The lowest BCUT2D eigenvalue weighted by Gasteiger charge is -2.17. The molecular weight excluding hydrogens is 248 g/mol. The van der Waals surface area contributed by atoms with Crippen molar-refractivity contribution in [1.29, 1.82) is 0 Å². The molecule has 0 spiro atoms. The van der Waals surface area contributed by atoms with Crippen molar-refractivity contribution in [2.45, 2.75) is 32.4 Å². The van der Waals surface area contributed by atoms with Crippen molar-refractivity contribution in [2.24, 2.45) is 5.92 Å². The topological polar surface area (TPSA) is 47.3 Å². The first kappa shape index (κ1) is 13.7. The van der Waals surface area contributed by atoms with Crippen LogP contribution in [0.4, 0.5) is 5.69 Å². The molecule has 4 heteroatoms. The van der Waals surface area contributed by atoms with Gasteiger partial charge >= 0.3 is 0 Å². The van der Waals surface area contributed by atoms with Gasteiger partial charge in [0, 0.05) is 19.7 Å². The zero-order chi connectivity index (χ0) is 13.0. The molecule has 0 saturated carbocycles. The first-order valence-corrected chi connectivity index (χ1v) is 6.94. The van der Waals surface area contributed by atoms with Gasteiger partial charge in [0.25, 0.3) is 0 Å². The highest BCUT2D eigenvalue weighted by Crippen LogP contribution is 2.23. The first-order valence-electron chi connectivity index (χ1n) is 6.57. The number of rotatable bonds is 5. The Labute approximate surface area is 114 Å². The van der Waals surface area contributed by atoms with Crippen LogP contribution in [0.25, 0.3) is 0 Å². The second-order valence-electron chi connectivity index (χ2n) is 4.85. The molecule has 0 bridgehead atoms. The summed E-state index contributed by atoms with van der Waals surface area (Å²) in [7, 11) is 0. The van der Waals surface area contributed by atoms with E-state index in [0.29, 0.717) is 22.7 Å². The molecule has 1 saturated heterocycles. The number of hydrogen-bond acceptors (Lipinski definition) is 3. The fourth-order valence-electron chi connectivity index (χ4n) is 2.46. The number of anilines is 1. The van der Waals surface area contributed by atoms with Crippen molar-refractivity contribution in [2.75, 3.05) is 18.9 Å². The number of halogens is 1. The SMILES string of the molecule is CCC1OCCC1CNCc1ccc(N)c(Cl)c1. The third-order valence-electron chi connectivity index (χ3n) is 3.55. The molecule has 18 heavy (non-hydrogen) atoms. The maximum absolute atomic E-state index is 5.99. The molecule has 2 rings (SSSR count). The Morgan fingerprint density at radius 1 is 1.50 bits per heavy atom. The third-order valence-corrected chi connectivity index (χ3v) is 3.88. The van der Waals surface area contributed by atoms with Crippen molar-refractivity contribution in [3.8, 4) is 0 Å². The molecule has 100 valence electrons. The zero-order valence-corrected chi connectivity index (χ0v) is 11.5. The summed E-state index contributed by atoms with van der Waals surface area (Å²) in [4.78, 5) is 0. The summed E-state index contributed by atoms with van der Waals surface area (Å²) < 4.78 is 5.67. The van der Waals surface area contributed by atoms with Gasteiger partial charge in [0.1, 0.15) is 0 Å². The monoisotopic (exact) mass is 268 g/mol. The highest BCUT2D eigenvalue weighted by molar-refractivity contribution is 6.33. The normalized spacial score (nSPS) is 23.4. The van der Waals surface area contributed by atoms with E-state index in [-0.39, 0.29) is 0 Å². The quantitative estimate of drug-likeness (QED) is 0.808. The minimum atomic E-state index is 0.424. The highest BCUT2D eigenvalue weighted by atomic mass is 35.5. The lowest BCUT2D eigenvalue weighted by atomic mass is 9.99. The van der Waals surface area contributed by atoms with E-state index in [1.807, 2.05) is 18.2 Å². The summed E-state index contributed by atoms with van der Waals surface area (Å²) in [6, 6.07) is 5.79. The van der Waals surface area contributed by atoms with Gasteiger partial charge in [0.15, 0.2) is 0 Å². The predicted octanol–water partition coefficient (Wildman–Crippen LogP) is 2.83. The van der Waals surface area contributed by atoms with E-state index in [2.05, 4.69) is 12.2 Å². The van der Waals surface area contributed by atoms with Gasteiger partial charge in [0.2, 0.25) is 0 Å². The molecular formula is C14H21ClN2O. The summed E-state index contributed by atoms with van der Waals surface area (Å²) in [5, 5.41) is 4.10. The van der Waals surface area contributed by atoms with E-state index in [1.54, 1.807) is 0 Å². The van der Waals surface area contributed by atoms with E-state index < -0.39 is 0 Å². The molecule has 0 aliphatic carbocycles. The van der Waals surface area contributed by atoms with Crippen LogP contribution in [0, 0.1) is 5.92 Å². The Hall–Kier alpha value is -0.770. The van der Waals surface area contributed by atoms with Crippen LogP contribution >= 0.6 is 11.6 Å². The minimum Gasteiger partial charge on any atom is -0.398 e. The molecule has 1 aliphatic rings. The molecule has 1 heterocycles. The van der Waals surface area contributed by atoms with Crippen LogP contribution in [0.5, 0.6) is 0 Å². The number of nitrogens with one attached hydrogen (secondary N) is 1. The Kier molecular flexibility index (Phi) is 4.87. The van der Waals surface area contributed by atoms with Crippen LogP contribution in [-0.2, 0) is 11.3 Å². The summed E-state index contributed by atoms with van der Waals surface area (Å²) >= 11 is 5.99. The van der Waals surface area contributed by atoms with Crippen molar-refractivity contribution >= 4 is 17.3 Å². The van der Waals surface area contributed by atoms with Crippen LogP contribution < -0.4 is 11.1 Å². The van der Waals surface area contributed by atoms with E-state index in [4.69, 9.17) is 22.1 Å². The summed E-state index contributed by atoms with van der Waals surface area (Å²) in [5.74, 6) is 0.638. The maximum Gasteiger partial charge on any atom is 0.0638 e. The standard InChI is InChI=1S/C14H21ClN2O/c1-2-14-11(5-6-18-14)9-17-8-10-3-4-13(16)12(15)7-10/h3-4,7,11,14,17H,2,5-6,8-9,16H2,1H3. The highest BCUT2D eigenvalue weighted by Gasteiger charge is 2.25. The van der Waals surface area contributed by atoms with Gasteiger partial charge in [0.05, 0.1) is 16.8 Å². The number of nitrogen functional groups attached to an aromatic ring is 1. The van der Waals surface area contributed by atoms with Crippen molar-refractivity contribution in [3.05, 3.63) is 28.8 Å². The Bertz CT molecular complexity index is 397. The van der Waals surface area contributed by atoms with Gasteiger partial charge < -0.3 is 15.8 Å². The van der Waals surface area contributed by atoms with Gasteiger partial charge in [-0.3, -0.25) is 0 Å². The molecule has 1 aromatic rings. The molecule has 0 amide bonds. The fraction of sp³-hybridized carbons (Fsp3) is 0.571. The molecule has 1 aliphatic heterocycles. The van der Waals surface area contributed by atoms with Gasteiger partial charge in [-0.15, -0.1) is 0 Å². The Morgan fingerprint density at radius 2 is 2.33 bits per heavy atom. The Balaban J connectivity index is 1.79. The molecule has 2 unspecified atom stereocenters. The van der Waals surface area contributed by atoms with E-state index in [0.717, 1.165) is 32.5 Å². The average Bonchev–Trinajstić information content (AvgIpc) is 2.81. The summed E-state index contributed by atoms with van der Waals surface area (Å²) in [6.07, 6.45) is 2.68. The molecule has 3 N–H and O–H groups in total. The third kappa shape index (κ3) is 3.37. The van der Waals surface area contributed by atoms with Crippen LogP contribution in [-0.4, -0.2) is 19.3 Å². The largest absolute Gasteiger partial charge is 0.398 e. The van der Waals surface area contributed by atoms with Crippen molar-refractivity contribution < 1.29 is 4.74 Å². The van der Waals surface area contributed by atoms with Crippen LogP contribution in [0.15, 0.2) is 18.2 Å². The molecule has 0 aromatic heterocycles. The zero-order valence-electron chi connectivity index (χ0n) is 10.8. The number of nitrogens with two attached hydrogens (primary N) is 1. The van der Waals surface area contributed by atoms with E-state index >= 15 is 0 Å². The first-order chi connectivity index (χ1) is 8.70. The van der Waals surface area contributed by atoms with Crippen molar-refractivity contribution in [3.63, 3.8) is 0 Å². The number of hydrogen-bond donors (Lipinski definition) is 2. The molecule has 2 atom stereocenters. The van der Waals surface area contributed by atoms with Gasteiger partial charge in [-0.1, -0.05) is 24.6 Å². The second-order valence-corrected chi connectivity index (χ2v) is 5.26. The molecule has 3 nitrogen and oxygen atoms in total. The predicted molar refractivity (Wildman–Crippen MR) is 75.7 cm³/mol. The Morgan fingerprint density at radius 3 is 3.06 bits per heavy atom. The smallest absolute Gasteiger partial charge is 0.0638 e. The van der Waals surface area contributed by atoms with E-state index in [9.17, 15) is 0 Å². The van der Waals surface area contributed by atoms with Crippen LogP contribution in [0.3, 0.4) is 0 Å². The lowest BCUT2D eigenvalue weighted by molar-refractivity contribution is 0.0872. The maximum atomic E-state index is 5.99. The van der Waals surface area contributed by atoms with E-state index in [1.165, 1.54) is 5.56 Å². The van der Waals surface area contributed by atoms with Gasteiger partial charge in [-0.05, 0) is 36.5 Å². The van der Waals surface area contributed by atoms with Gasteiger partial charge in [-0.25, -0.2) is 0 Å². The minimum absolute atomic E-state index is 0.424. The average molecular weight is 269 g/mol. The van der Waals surface area contributed by atoms with Gasteiger partial charge in [-0.2, -0.15) is 0 Å². The number of benzene rings is 1. The summed E-state index contributed by atoms with van der Waals surface area (Å²) in [5.41, 5.74) is 7.49. The van der Waals surface area contributed by atoms with Crippen LogP contribution in [0.1, 0.15) is 25.3 Å². The molecule has 0 radical (unpaired) electrons. The van der Waals surface area contributed by atoms with Crippen molar-refractivity contribution in [1.82, 2.24) is 5.32 Å². The van der Waals surface area contributed by atoms with Crippen LogP contribution in [0.2, 0.25) is 5.02 Å². The molecule has 1 fully saturated rings. The summed E-state index contributed by atoms with van der Waals surface area (Å²) in [6.45, 7) is 4.91. The second kappa shape index (κ2) is 6.41. The number of ether oxygens (including phenoxy) is 1. The lowest BCUT2D eigenvalue weighted by Crippen LogP contribution is -2.27.